The van der Waals surface area contributed by atoms with Gasteiger partial charge in [0.1, 0.15) is 41.1 Å². The number of fused-ring (bicyclic) bond motifs is 1. The van der Waals surface area contributed by atoms with Gasteiger partial charge in [-0.1, -0.05) is 0 Å². The molecule has 0 aliphatic carbocycles. The summed E-state index contributed by atoms with van der Waals surface area (Å²) in [4.78, 5) is 26.7. The first-order chi connectivity index (χ1) is 21.2. The number of aliphatic hydroxyl groups is 3. The Kier molecular flexibility index (Phi) is 8.13. The van der Waals surface area contributed by atoms with E-state index in [2.05, 4.69) is 0 Å². The fraction of sp³-hybridized carbons (Fsp3) is 0.286. The Morgan fingerprint density at radius 3 is 1.93 bits per heavy atom. The first-order valence-electron chi connectivity index (χ1n) is 13.0. The molecule has 1 fully saturated rings. The van der Waals surface area contributed by atoms with E-state index in [1.807, 2.05) is 0 Å². The smallest absolute Gasteiger partial charge is 0.338 e. The molecule has 0 bridgehead atoms. The molecule has 2 aliphatic rings. The number of hydrogen-bond acceptors (Lipinski definition) is 17. The van der Waals surface area contributed by atoms with Gasteiger partial charge < -0.3 is 75.1 Å². The van der Waals surface area contributed by atoms with Crippen molar-refractivity contribution in [2.45, 2.75) is 42.9 Å². The van der Waals surface area contributed by atoms with Crippen LogP contribution in [-0.2, 0) is 14.2 Å². The van der Waals surface area contributed by atoms with Crippen molar-refractivity contribution in [2.24, 2.45) is 0 Å². The van der Waals surface area contributed by atoms with Crippen LogP contribution < -0.4 is 4.74 Å². The molecular weight excluding hydrogens is 608 g/mol. The van der Waals surface area contributed by atoms with Crippen LogP contribution in [0.25, 0.3) is 0 Å². The van der Waals surface area contributed by atoms with E-state index in [4.69, 9.17) is 18.9 Å². The maximum absolute atomic E-state index is 13.8. The van der Waals surface area contributed by atoms with Crippen molar-refractivity contribution in [3.8, 4) is 51.7 Å². The summed E-state index contributed by atoms with van der Waals surface area (Å²) in [5.41, 5.74) is -1.25. The molecule has 1 saturated heterocycles. The summed E-state index contributed by atoms with van der Waals surface area (Å²) >= 11 is 0. The summed E-state index contributed by atoms with van der Waals surface area (Å²) in [6.07, 6.45) is -13.1. The predicted molar refractivity (Wildman–Crippen MR) is 142 cm³/mol. The van der Waals surface area contributed by atoms with Gasteiger partial charge in [-0.2, -0.15) is 0 Å². The van der Waals surface area contributed by atoms with Gasteiger partial charge in [0.2, 0.25) is 5.78 Å². The molecule has 0 amide bonds. The monoisotopic (exact) mass is 634 g/mol. The van der Waals surface area contributed by atoms with Crippen molar-refractivity contribution in [2.75, 3.05) is 6.61 Å². The van der Waals surface area contributed by atoms with Crippen LogP contribution in [0.5, 0.6) is 51.7 Å². The van der Waals surface area contributed by atoms with Crippen LogP contribution in [0.15, 0.2) is 36.4 Å². The SMILES string of the molecule is O=C(O[C@@H]1[C@H](O[C@@H]2C(=O)c3c(O)cc(O)cc3O[C@@H]2c2cc(O)c(O)c(O)c2)O[C@@H](CO)[C@H](O)[C@H]1O)c1cc(O)c(O)c(O)c1. The highest BCUT2D eigenvalue weighted by Crippen LogP contribution is 2.46. The van der Waals surface area contributed by atoms with E-state index in [0.717, 1.165) is 24.3 Å². The minimum atomic E-state index is -2.05. The maximum atomic E-state index is 13.8. The van der Waals surface area contributed by atoms with E-state index in [1.54, 1.807) is 0 Å². The Morgan fingerprint density at radius 1 is 0.778 bits per heavy atom. The molecule has 0 saturated carbocycles. The molecule has 2 heterocycles. The third-order valence-corrected chi connectivity index (χ3v) is 7.17. The van der Waals surface area contributed by atoms with Crippen LogP contribution in [0, 0.1) is 0 Å². The molecule has 11 N–H and O–H groups in total. The van der Waals surface area contributed by atoms with Crippen molar-refractivity contribution in [3.63, 3.8) is 0 Å². The van der Waals surface area contributed by atoms with E-state index in [1.165, 1.54) is 0 Å². The van der Waals surface area contributed by atoms with Crippen LogP contribution in [0.4, 0.5) is 0 Å². The third-order valence-electron chi connectivity index (χ3n) is 7.17. The number of phenolic OH excluding ortho intramolecular Hbond substituents is 8. The number of Topliss-reactive ketones (excluding diaryl/α,β-unsaturated/α-hetero) is 1. The van der Waals surface area contributed by atoms with Crippen molar-refractivity contribution in [1.29, 1.82) is 0 Å². The van der Waals surface area contributed by atoms with E-state index >= 15 is 0 Å². The molecule has 7 atom stereocenters. The summed E-state index contributed by atoms with van der Waals surface area (Å²) in [5, 5.41) is 111. The highest BCUT2D eigenvalue weighted by Gasteiger charge is 2.51. The number of aliphatic hydroxyl groups excluding tert-OH is 3. The average molecular weight is 634 g/mol. The molecule has 3 aromatic rings. The molecule has 5 rings (SSSR count). The Balaban J connectivity index is 1.56. The van der Waals surface area contributed by atoms with Gasteiger partial charge in [0.15, 0.2) is 59.1 Å². The number of aromatic hydroxyl groups is 8. The van der Waals surface area contributed by atoms with Crippen LogP contribution in [0.3, 0.4) is 0 Å². The number of hydrogen-bond donors (Lipinski definition) is 11. The molecule has 0 aromatic heterocycles. The van der Waals surface area contributed by atoms with Crippen LogP contribution in [0.2, 0.25) is 0 Å². The van der Waals surface area contributed by atoms with Gasteiger partial charge in [0.05, 0.1) is 12.2 Å². The zero-order valence-electron chi connectivity index (χ0n) is 22.6. The van der Waals surface area contributed by atoms with E-state index in [9.17, 15) is 65.8 Å². The molecule has 2 aliphatic heterocycles. The molecule has 3 aromatic carbocycles. The van der Waals surface area contributed by atoms with E-state index in [0.29, 0.717) is 12.1 Å². The summed E-state index contributed by atoms with van der Waals surface area (Å²) in [7, 11) is 0. The number of benzene rings is 3. The van der Waals surface area contributed by atoms with Gasteiger partial charge in [0.25, 0.3) is 0 Å². The normalized spacial score (nSPS) is 26.1. The fourth-order valence-corrected chi connectivity index (χ4v) is 4.92. The van der Waals surface area contributed by atoms with Gasteiger partial charge in [-0.05, 0) is 24.3 Å². The summed E-state index contributed by atoms with van der Waals surface area (Å²) in [5.74, 6) is -9.38. The van der Waals surface area contributed by atoms with Crippen LogP contribution >= 0.6 is 0 Å². The zero-order valence-corrected chi connectivity index (χ0v) is 22.6. The topological polar surface area (TPSA) is 294 Å². The molecule has 240 valence electrons. The Labute approximate surface area is 251 Å². The Hall–Kier alpha value is -5.20. The lowest BCUT2D eigenvalue weighted by Gasteiger charge is -2.43. The Morgan fingerprint density at radius 2 is 1.36 bits per heavy atom. The lowest BCUT2D eigenvalue weighted by Crippen LogP contribution is -2.61. The van der Waals surface area contributed by atoms with E-state index in [-0.39, 0.29) is 11.3 Å². The summed E-state index contributed by atoms with van der Waals surface area (Å²) in [6.45, 7) is -0.903. The summed E-state index contributed by atoms with van der Waals surface area (Å²) in [6, 6.07) is 5.02. The van der Waals surface area contributed by atoms with E-state index < -0.39 is 118 Å². The van der Waals surface area contributed by atoms with Crippen molar-refractivity contribution < 1.29 is 84.7 Å². The maximum Gasteiger partial charge on any atom is 0.338 e. The van der Waals surface area contributed by atoms with Gasteiger partial charge in [0, 0.05) is 17.7 Å². The van der Waals surface area contributed by atoms with Crippen molar-refractivity contribution in [3.05, 3.63) is 53.1 Å². The lowest BCUT2D eigenvalue weighted by atomic mass is 9.91. The minimum Gasteiger partial charge on any atom is -0.508 e. The molecule has 0 spiro atoms. The quantitative estimate of drug-likeness (QED) is 0.122. The average Bonchev–Trinajstić information content (AvgIpc) is 2.98. The third kappa shape index (κ3) is 5.61. The molecule has 45 heavy (non-hydrogen) atoms. The van der Waals surface area contributed by atoms with Gasteiger partial charge in [-0.15, -0.1) is 0 Å². The highest BCUT2D eigenvalue weighted by molar-refractivity contribution is 6.06. The minimum absolute atomic E-state index is 0.201. The standard InChI is InChI=1S/C28H26O17/c29-7-17-21(38)23(40)26(44-27(41)9-3-14(34)20(37)15(35)4-9)28(43-17)45-25-22(39)18-11(31)5-10(30)6-16(18)42-24(25)8-1-12(32)19(36)13(33)2-8/h1-6,17,21,23-26,28-38,40H,7H2/t17-,21-,23+,24+,25+,26-,28-/m0/s1. The molecule has 0 radical (unpaired) electrons. The fourth-order valence-electron chi connectivity index (χ4n) is 4.92. The van der Waals surface area contributed by atoms with Gasteiger partial charge in [-0.3, -0.25) is 4.79 Å². The molecular formula is C28H26O17. The second-order valence-electron chi connectivity index (χ2n) is 10.1. The Bertz CT molecular complexity index is 1610. The number of ether oxygens (including phenoxy) is 4. The van der Waals surface area contributed by atoms with Crippen LogP contribution in [0.1, 0.15) is 32.4 Å². The number of carbonyl (C=O) groups is 2. The second-order valence-corrected chi connectivity index (χ2v) is 10.1. The first kappa shape index (κ1) is 31.2. The summed E-state index contributed by atoms with van der Waals surface area (Å²) < 4.78 is 22.4. The second kappa shape index (κ2) is 11.7. The molecule has 17 heteroatoms. The number of ketones is 1. The molecule has 0 unspecified atom stereocenters. The highest BCUT2D eigenvalue weighted by atomic mass is 16.7. The number of esters is 1. The number of rotatable bonds is 6. The van der Waals surface area contributed by atoms with Crippen molar-refractivity contribution >= 4 is 11.8 Å². The number of phenols is 8. The predicted octanol–water partition coefficient (Wildman–Crippen LogP) is -0.302. The largest absolute Gasteiger partial charge is 0.508 e. The van der Waals surface area contributed by atoms with Gasteiger partial charge >= 0.3 is 5.97 Å². The lowest BCUT2D eigenvalue weighted by molar-refractivity contribution is -0.310. The zero-order chi connectivity index (χ0) is 32.9. The van der Waals surface area contributed by atoms with Crippen LogP contribution in [-0.4, -0.2) is 111 Å². The number of carbonyl (C=O) groups excluding carboxylic acids is 2. The van der Waals surface area contributed by atoms with Gasteiger partial charge in [-0.25, -0.2) is 4.79 Å². The first-order valence-corrected chi connectivity index (χ1v) is 13.0. The molecule has 17 nitrogen and oxygen atoms in total. The van der Waals surface area contributed by atoms with Crippen molar-refractivity contribution in [1.82, 2.24) is 0 Å².